The molecular weight excluding hydrogens is 246 g/mol. The molecule has 104 valence electrons. The number of hydrogen-bond acceptors (Lipinski definition) is 4. The van der Waals surface area contributed by atoms with Crippen LogP contribution in [0.15, 0.2) is 11.1 Å². The molecule has 0 amide bonds. The molecule has 1 aromatic heterocycles. The first-order valence-electron chi connectivity index (χ1n) is 6.50. The van der Waals surface area contributed by atoms with E-state index < -0.39 is 0 Å². The molecule has 4 nitrogen and oxygen atoms in total. The standard InChI is InChI=1S/C13H25N3OS/c1-5-7-14-13(3,10-17)6-8-18-12-9-11(2)15-16(12)4/h9,14,17H,5-8,10H2,1-4H3. The quantitative estimate of drug-likeness (QED) is 0.710. The fraction of sp³-hybridized carbons (Fsp3) is 0.769. The smallest absolute Gasteiger partial charge is 0.0939 e. The summed E-state index contributed by atoms with van der Waals surface area (Å²) >= 11 is 1.79. The minimum absolute atomic E-state index is 0.170. The topological polar surface area (TPSA) is 50.1 Å². The van der Waals surface area contributed by atoms with Crippen LogP contribution in [0.5, 0.6) is 0 Å². The van der Waals surface area contributed by atoms with Crippen LogP contribution in [0.2, 0.25) is 0 Å². The first-order chi connectivity index (χ1) is 8.50. The number of nitrogens with one attached hydrogen (secondary N) is 1. The zero-order valence-electron chi connectivity index (χ0n) is 11.9. The van der Waals surface area contributed by atoms with Crippen molar-refractivity contribution in [3.05, 3.63) is 11.8 Å². The molecule has 0 bridgehead atoms. The number of aryl methyl sites for hydroxylation is 2. The molecule has 0 saturated carbocycles. The van der Waals surface area contributed by atoms with E-state index in [-0.39, 0.29) is 12.1 Å². The van der Waals surface area contributed by atoms with Gasteiger partial charge in [-0.15, -0.1) is 11.8 Å². The second kappa shape index (κ2) is 7.16. The lowest BCUT2D eigenvalue weighted by Gasteiger charge is -2.28. The summed E-state index contributed by atoms with van der Waals surface area (Å²) in [6.07, 6.45) is 2.03. The lowest BCUT2D eigenvalue weighted by molar-refractivity contribution is 0.171. The lowest BCUT2D eigenvalue weighted by atomic mass is 10.0. The lowest BCUT2D eigenvalue weighted by Crippen LogP contribution is -2.46. The zero-order valence-corrected chi connectivity index (χ0v) is 12.7. The minimum atomic E-state index is -0.170. The maximum Gasteiger partial charge on any atom is 0.0939 e. The second-order valence-electron chi connectivity index (χ2n) is 4.99. The van der Waals surface area contributed by atoms with Gasteiger partial charge in [0.15, 0.2) is 0 Å². The Morgan fingerprint density at radius 1 is 1.56 bits per heavy atom. The van der Waals surface area contributed by atoms with Crippen LogP contribution in [0, 0.1) is 6.92 Å². The van der Waals surface area contributed by atoms with Crippen LogP contribution in [0.1, 0.15) is 32.4 Å². The van der Waals surface area contributed by atoms with Crippen LogP contribution in [0.25, 0.3) is 0 Å². The summed E-state index contributed by atoms with van der Waals surface area (Å²) in [5.41, 5.74) is 0.880. The summed E-state index contributed by atoms with van der Waals surface area (Å²) < 4.78 is 1.91. The Morgan fingerprint density at radius 3 is 2.78 bits per heavy atom. The van der Waals surface area contributed by atoms with Gasteiger partial charge < -0.3 is 10.4 Å². The number of hydrogen-bond donors (Lipinski definition) is 2. The molecule has 0 aliphatic carbocycles. The molecular formula is C13H25N3OS. The monoisotopic (exact) mass is 271 g/mol. The van der Waals surface area contributed by atoms with Gasteiger partial charge in [-0.05, 0) is 39.3 Å². The van der Waals surface area contributed by atoms with Crippen molar-refractivity contribution in [1.82, 2.24) is 15.1 Å². The van der Waals surface area contributed by atoms with Gasteiger partial charge in [0.25, 0.3) is 0 Å². The number of aromatic nitrogens is 2. The van der Waals surface area contributed by atoms with Gasteiger partial charge in [0.2, 0.25) is 0 Å². The molecule has 1 aromatic rings. The van der Waals surface area contributed by atoms with E-state index in [1.165, 1.54) is 5.03 Å². The zero-order chi connectivity index (χ0) is 13.6. The molecule has 5 heteroatoms. The summed E-state index contributed by atoms with van der Waals surface area (Å²) in [5.74, 6) is 0.979. The molecule has 1 atom stereocenters. The Hall–Kier alpha value is -0.520. The van der Waals surface area contributed by atoms with E-state index in [0.717, 1.165) is 30.8 Å². The molecule has 0 saturated heterocycles. The van der Waals surface area contributed by atoms with Crippen LogP contribution in [0.3, 0.4) is 0 Å². The van der Waals surface area contributed by atoms with Gasteiger partial charge in [-0.3, -0.25) is 4.68 Å². The summed E-state index contributed by atoms with van der Waals surface area (Å²) in [5, 5.41) is 18.4. The molecule has 0 aliphatic rings. The van der Waals surface area contributed by atoms with E-state index in [0.29, 0.717) is 0 Å². The van der Waals surface area contributed by atoms with Crippen molar-refractivity contribution in [3.8, 4) is 0 Å². The largest absolute Gasteiger partial charge is 0.394 e. The van der Waals surface area contributed by atoms with Gasteiger partial charge in [0.05, 0.1) is 17.3 Å². The molecule has 1 unspecified atom stereocenters. The third kappa shape index (κ3) is 4.63. The maximum absolute atomic E-state index is 9.48. The van der Waals surface area contributed by atoms with Crippen LogP contribution in [-0.4, -0.2) is 39.3 Å². The van der Waals surface area contributed by atoms with Gasteiger partial charge in [0.1, 0.15) is 0 Å². The fourth-order valence-electron chi connectivity index (χ4n) is 1.75. The highest BCUT2D eigenvalue weighted by atomic mass is 32.2. The van der Waals surface area contributed by atoms with Crippen molar-refractivity contribution in [3.63, 3.8) is 0 Å². The number of rotatable bonds is 8. The summed E-state index contributed by atoms with van der Waals surface area (Å²) in [4.78, 5) is 0. The van der Waals surface area contributed by atoms with Crippen LogP contribution < -0.4 is 5.32 Å². The highest BCUT2D eigenvalue weighted by Gasteiger charge is 2.21. The molecule has 0 fully saturated rings. The fourth-order valence-corrected chi connectivity index (χ4v) is 3.00. The van der Waals surface area contributed by atoms with Crippen LogP contribution >= 0.6 is 11.8 Å². The van der Waals surface area contributed by atoms with Gasteiger partial charge in [0, 0.05) is 18.3 Å². The number of nitrogens with zero attached hydrogens (tertiary/aromatic N) is 2. The van der Waals surface area contributed by atoms with Crippen molar-refractivity contribution < 1.29 is 5.11 Å². The van der Waals surface area contributed by atoms with E-state index in [9.17, 15) is 5.11 Å². The van der Waals surface area contributed by atoms with Crippen LogP contribution in [-0.2, 0) is 7.05 Å². The first kappa shape index (κ1) is 15.5. The molecule has 0 aliphatic heterocycles. The SMILES string of the molecule is CCCNC(C)(CO)CCSc1cc(C)nn1C. The van der Waals surface area contributed by atoms with Crippen molar-refractivity contribution in [2.75, 3.05) is 18.9 Å². The van der Waals surface area contributed by atoms with E-state index in [1.807, 2.05) is 18.7 Å². The van der Waals surface area contributed by atoms with E-state index >= 15 is 0 Å². The summed E-state index contributed by atoms with van der Waals surface area (Å²) in [7, 11) is 1.97. The molecule has 0 aromatic carbocycles. The molecule has 0 spiro atoms. The Morgan fingerprint density at radius 2 is 2.28 bits per heavy atom. The summed E-state index contributed by atoms with van der Waals surface area (Å²) in [6.45, 7) is 7.35. The van der Waals surface area contributed by atoms with Gasteiger partial charge in [-0.2, -0.15) is 5.10 Å². The molecule has 2 N–H and O–H groups in total. The summed E-state index contributed by atoms with van der Waals surface area (Å²) in [6, 6.07) is 2.10. The average molecular weight is 271 g/mol. The Balaban J connectivity index is 2.41. The van der Waals surface area contributed by atoms with Crippen molar-refractivity contribution in [2.45, 2.75) is 44.2 Å². The van der Waals surface area contributed by atoms with E-state index in [4.69, 9.17) is 0 Å². The third-order valence-electron chi connectivity index (χ3n) is 3.01. The Kier molecular flexibility index (Phi) is 6.18. The highest BCUT2D eigenvalue weighted by Crippen LogP contribution is 2.22. The maximum atomic E-state index is 9.48. The molecule has 1 heterocycles. The Bertz CT molecular complexity index is 367. The third-order valence-corrected chi connectivity index (χ3v) is 4.10. The predicted octanol–water partition coefficient (Wildman–Crippen LogP) is 1.96. The van der Waals surface area contributed by atoms with Gasteiger partial charge >= 0.3 is 0 Å². The number of aliphatic hydroxyl groups excluding tert-OH is 1. The first-order valence-corrected chi connectivity index (χ1v) is 7.48. The molecule has 0 radical (unpaired) electrons. The highest BCUT2D eigenvalue weighted by molar-refractivity contribution is 7.99. The molecule has 1 rings (SSSR count). The van der Waals surface area contributed by atoms with Crippen molar-refractivity contribution >= 4 is 11.8 Å². The molecule has 18 heavy (non-hydrogen) atoms. The Labute approximate surface area is 114 Å². The van der Waals surface area contributed by atoms with E-state index in [1.54, 1.807) is 11.8 Å². The normalized spacial score (nSPS) is 14.7. The minimum Gasteiger partial charge on any atom is -0.394 e. The van der Waals surface area contributed by atoms with Gasteiger partial charge in [-0.1, -0.05) is 6.92 Å². The second-order valence-corrected chi connectivity index (χ2v) is 6.11. The predicted molar refractivity (Wildman–Crippen MR) is 77.1 cm³/mol. The number of aliphatic hydroxyl groups is 1. The van der Waals surface area contributed by atoms with Gasteiger partial charge in [-0.25, -0.2) is 0 Å². The van der Waals surface area contributed by atoms with Crippen LogP contribution in [0.4, 0.5) is 0 Å². The van der Waals surface area contributed by atoms with Crippen molar-refractivity contribution in [1.29, 1.82) is 0 Å². The number of thioether (sulfide) groups is 1. The van der Waals surface area contributed by atoms with E-state index in [2.05, 4.69) is 30.3 Å². The average Bonchev–Trinajstić information content (AvgIpc) is 2.65. The van der Waals surface area contributed by atoms with Crippen molar-refractivity contribution in [2.24, 2.45) is 7.05 Å².